The van der Waals surface area contributed by atoms with Gasteiger partial charge in [0, 0.05) is 12.8 Å². The molecule has 0 rings (SSSR count). The third-order valence-electron chi connectivity index (χ3n) is 1.70. The summed E-state index contributed by atoms with van der Waals surface area (Å²) in [5.74, 6) is -1.19. The van der Waals surface area contributed by atoms with Crippen LogP contribution in [-0.2, 0) is 33.1 Å². The molecule has 0 fully saturated rings. The average Bonchev–Trinajstić information content (AvgIpc) is 2.23. The Morgan fingerprint density at radius 2 is 1.59 bits per heavy atom. The summed E-state index contributed by atoms with van der Waals surface area (Å²) >= 11 is 0. The zero-order chi connectivity index (χ0) is 13.5. The maximum atomic E-state index is 11.1. The van der Waals surface area contributed by atoms with Gasteiger partial charge in [-0.1, -0.05) is 0 Å². The Kier molecular flexibility index (Phi) is 6.78. The number of rotatable bonds is 9. The van der Waals surface area contributed by atoms with Crippen LogP contribution in [0, 0.1) is 0 Å². The van der Waals surface area contributed by atoms with Crippen LogP contribution in [0.15, 0.2) is 0 Å². The number of carbonyl (C=O) groups is 3. The first-order chi connectivity index (χ1) is 7.76. The summed E-state index contributed by atoms with van der Waals surface area (Å²) in [6, 6.07) is 0. The van der Waals surface area contributed by atoms with Crippen molar-refractivity contribution in [1.29, 1.82) is 0 Å². The Bertz CT molecular complexity index is 396. The molecule has 0 aliphatic carbocycles. The van der Waals surface area contributed by atoms with E-state index < -0.39 is 22.8 Å². The highest BCUT2D eigenvalue weighted by Crippen LogP contribution is 2.00. The van der Waals surface area contributed by atoms with Gasteiger partial charge < -0.3 is 0 Å². The molecule has 17 heavy (non-hydrogen) atoms. The first-order valence-corrected chi connectivity index (χ1v) is 6.08. The SMILES string of the molecule is COS(=O)(=O)OCC(=O)CCC(=O)CC(C)=O. The van der Waals surface area contributed by atoms with Gasteiger partial charge in [-0.25, -0.2) is 4.18 Å². The highest BCUT2D eigenvalue weighted by Gasteiger charge is 2.14. The fourth-order valence-electron chi connectivity index (χ4n) is 0.903. The lowest BCUT2D eigenvalue weighted by molar-refractivity contribution is -0.128. The fraction of sp³-hybridized carbons (Fsp3) is 0.667. The number of carbonyl (C=O) groups excluding carboxylic acids is 3. The summed E-state index contributed by atoms with van der Waals surface area (Å²) in [6.07, 6.45) is -0.481. The molecule has 0 radical (unpaired) electrons. The van der Waals surface area contributed by atoms with Crippen LogP contribution in [0.25, 0.3) is 0 Å². The minimum absolute atomic E-state index is 0.102. The molecule has 0 bridgehead atoms. The largest absolute Gasteiger partial charge is 0.400 e. The van der Waals surface area contributed by atoms with Crippen molar-refractivity contribution in [2.24, 2.45) is 0 Å². The van der Waals surface area contributed by atoms with Crippen LogP contribution in [0.3, 0.4) is 0 Å². The van der Waals surface area contributed by atoms with E-state index in [9.17, 15) is 22.8 Å². The fourth-order valence-corrected chi connectivity index (χ4v) is 1.28. The summed E-state index contributed by atoms with van der Waals surface area (Å²) in [5, 5.41) is 0. The van der Waals surface area contributed by atoms with E-state index in [1.54, 1.807) is 0 Å². The number of ketones is 3. The van der Waals surface area contributed by atoms with Gasteiger partial charge in [0.05, 0.1) is 13.5 Å². The smallest absolute Gasteiger partial charge is 0.300 e. The maximum Gasteiger partial charge on any atom is 0.400 e. The summed E-state index contributed by atoms with van der Waals surface area (Å²) in [6.45, 7) is 0.595. The van der Waals surface area contributed by atoms with Gasteiger partial charge in [0.1, 0.15) is 18.2 Å². The van der Waals surface area contributed by atoms with Crippen LogP contribution in [-0.4, -0.2) is 39.5 Å². The van der Waals surface area contributed by atoms with Crippen LogP contribution < -0.4 is 0 Å². The van der Waals surface area contributed by atoms with Gasteiger partial charge in [-0.05, 0) is 6.92 Å². The van der Waals surface area contributed by atoms with E-state index in [0.717, 1.165) is 7.11 Å². The van der Waals surface area contributed by atoms with Crippen molar-refractivity contribution in [3.63, 3.8) is 0 Å². The number of hydrogen-bond acceptors (Lipinski definition) is 7. The van der Waals surface area contributed by atoms with Gasteiger partial charge >= 0.3 is 10.4 Å². The Hall–Kier alpha value is -1.12. The molecule has 0 unspecified atom stereocenters. The van der Waals surface area contributed by atoms with Gasteiger partial charge in [0.2, 0.25) is 0 Å². The highest BCUT2D eigenvalue weighted by molar-refractivity contribution is 7.81. The van der Waals surface area contributed by atoms with E-state index in [0.29, 0.717) is 0 Å². The van der Waals surface area contributed by atoms with E-state index >= 15 is 0 Å². The molecule has 0 N–H and O–H groups in total. The summed E-state index contributed by atoms with van der Waals surface area (Å²) in [4.78, 5) is 32.7. The van der Waals surface area contributed by atoms with Crippen molar-refractivity contribution in [3.8, 4) is 0 Å². The Morgan fingerprint density at radius 1 is 1.06 bits per heavy atom. The summed E-state index contributed by atoms with van der Waals surface area (Å²) in [5.41, 5.74) is 0. The Morgan fingerprint density at radius 3 is 2.06 bits per heavy atom. The highest BCUT2D eigenvalue weighted by atomic mass is 32.3. The van der Waals surface area contributed by atoms with Crippen LogP contribution in [0.5, 0.6) is 0 Å². The van der Waals surface area contributed by atoms with Gasteiger partial charge in [0.15, 0.2) is 5.78 Å². The molecule has 0 aliphatic heterocycles. The van der Waals surface area contributed by atoms with E-state index in [1.165, 1.54) is 6.92 Å². The molecule has 0 aromatic rings. The van der Waals surface area contributed by atoms with Gasteiger partial charge in [0.25, 0.3) is 0 Å². The molecule has 0 saturated carbocycles. The van der Waals surface area contributed by atoms with Crippen molar-refractivity contribution in [1.82, 2.24) is 0 Å². The zero-order valence-corrected chi connectivity index (χ0v) is 10.4. The van der Waals surface area contributed by atoms with Gasteiger partial charge in [-0.3, -0.25) is 18.6 Å². The molecular weight excluding hydrogens is 252 g/mol. The Labute approximate surface area is 99.4 Å². The van der Waals surface area contributed by atoms with E-state index in [1.807, 2.05) is 0 Å². The molecular formula is C9H14O7S. The normalized spacial score (nSPS) is 11.2. The molecule has 0 atom stereocenters. The first-order valence-electron chi connectivity index (χ1n) is 4.74. The second-order valence-corrected chi connectivity index (χ2v) is 4.68. The number of Topliss-reactive ketones (excluding diaryl/α,β-unsaturated/α-hetero) is 3. The van der Waals surface area contributed by atoms with Crippen LogP contribution in [0.1, 0.15) is 26.2 Å². The lowest BCUT2D eigenvalue weighted by Gasteiger charge is -2.01. The third kappa shape index (κ3) is 8.66. The predicted octanol–water partition coefficient (Wildman–Crippen LogP) is -0.208. The van der Waals surface area contributed by atoms with Crippen molar-refractivity contribution in [2.75, 3.05) is 13.7 Å². The maximum absolute atomic E-state index is 11.1. The molecule has 0 saturated heterocycles. The molecule has 0 spiro atoms. The molecule has 0 aromatic carbocycles. The van der Waals surface area contributed by atoms with Crippen molar-refractivity contribution >= 4 is 27.7 Å². The molecule has 0 heterocycles. The van der Waals surface area contributed by atoms with E-state index in [4.69, 9.17) is 0 Å². The second kappa shape index (κ2) is 7.25. The monoisotopic (exact) mass is 266 g/mol. The quantitative estimate of drug-likeness (QED) is 0.532. The zero-order valence-electron chi connectivity index (χ0n) is 9.59. The number of hydrogen-bond donors (Lipinski definition) is 0. The van der Waals surface area contributed by atoms with Crippen molar-refractivity contribution < 1.29 is 31.2 Å². The average molecular weight is 266 g/mol. The first kappa shape index (κ1) is 15.9. The summed E-state index contributed by atoms with van der Waals surface area (Å²) < 4.78 is 29.5. The van der Waals surface area contributed by atoms with E-state index in [-0.39, 0.29) is 30.8 Å². The molecule has 0 aromatic heterocycles. The van der Waals surface area contributed by atoms with Gasteiger partial charge in [-0.15, -0.1) is 0 Å². The topological polar surface area (TPSA) is 104 Å². The lowest BCUT2D eigenvalue weighted by atomic mass is 10.1. The lowest BCUT2D eigenvalue weighted by Crippen LogP contribution is -2.16. The molecule has 7 nitrogen and oxygen atoms in total. The Balaban J connectivity index is 3.89. The summed E-state index contributed by atoms with van der Waals surface area (Å²) in [7, 11) is -3.23. The van der Waals surface area contributed by atoms with E-state index in [2.05, 4.69) is 8.37 Å². The van der Waals surface area contributed by atoms with Gasteiger partial charge in [-0.2, -0.15) is 8.42 Å². The van der Waals surface area contributed by atoms with Crippen molar-refractivity contribution in [3.05, 3.63) is 0 Å². The molecule has 0 aliphatic rings. The minimum Gasteiger partial charge on any atom is -0.300 e. The molecule has 98 valence electrons. The standard InChI is InChI=1S/C9H14O7S/c1-7(10)5-8(11)3-4-9(12)6-16-17(13,14)15-2/h3-6H2,1-2H3. The second-order valence-electron chi connectivity index (χ2n) is 3.29. The van der Waals surface area contributed by atoms with Crippen molar-refractivity contribution in [2.45, 2.75) is 26.2 Å². The molecule has 8 heteroatoms. The minimum atomic E-state index is -4.13. The van der Waals surface area contributed by atoms with Crippen LogP contribution >= 0.6 is 0 Å². The van der Waals surface area contributed by atoms with Crippen LogP contribution in [0.2, 0.25) is 0 Å². The van der Waals surface area contributed by atoms with Crippen LogP contribution in [0.4, 0.5) is 0 Å². The molecule has 0 amide bonds. The third-order valence-corrected chi connectivity index (χ3v) is 2.51. The predicted molar refractivity (Wildman–Crippen MR) is 56.4 cm³/mol.